The first kappa shape index (κ1) is 14.6. The Labute approximate surface area is 123 Å². The molecule has 0 spiro atoms. The predicted molar refractivity (Wildman–Crippen MR) is 80.7 cm³/mol. The zero-order valence-corrected chi connectivity index (χ0v) is 12.4. The normalized spacial score (nSPS) is 11.7. The van der Waals surface area contributed by atoms with Gasteiger partial charge in [0.05, 0.1) is 12.0 Å². The van der Waals surface area contributed by atoms with Crippen molar-refractivity contribution in [3.8, 4) is 5.75 Å². The molecule has 0 bridgehead atoms. The van der Waals surface area contributed by atoms with E-state index in [0.29, 0.717) is 5.02 Å². The molecular formula is C15H13ClO3S. The van der Waals surface area contributed by atoms with Crippen LogP contribution in [-0.2, 0) is 9.84 Å². The van der Waals surface area contributed by atoms with Crippen molar-refractivity contribution in [2.45, 2.75) is 4.90 Å². The summed E-state index contributed by atoms with van der Waals surface area (Å²) in [7, 11) is -1.88. The molecule has 0 heterocycles. The summed E-state index contributed by atoms with van der Waals surface area (Å²) < 4.78 is 29.2. The van der Waals surface area contributed by atoms with Crippen LogP contribution in [0.1, 0.15) is 5.56 Å². The number of ether oxygens (including phenoxy) is 1. The standard InChI is InChI=1S/C15H13ClO3S/c1-19-14-6-2-12(3-7-14)10-11-20(17,18)15-8-4-13(16)5-9-15/h2-11H,1H3. The summed E-state index contributed by atoms with van der Waals surface area (Å²) >= 11 is 5.74. The maximum Gasteiger partial charge on any atom is 0.199 e. The number of halogens is 1. The van der Waals surface area contributed by atoms with Crippen LogP contribution in [0, 0.1) is 0 Å². The maximum atomic E-state index is 12.1. The summed E-state index contributed by atoms with van der Waals surface area (Å²) in [4.78, 5) is 0.215. The van der Waals surface area contributed by atoms with Crippen LogP contribution in [0.4, 0.5) is 0 Å². The molecule has 0 saturated heterocycles. The van der Waals surface area contributed by atoms with E-state index < -0.39 is 9.84 Å². The molecule has 0 fully saturated rings. The monoisotopic (exact) mass is 308 g/mol. The Morgan fingerprint density at radius 3 is 2.15 bits per heavy atom. The molecule has 0 aromatic heterocycles. The SMILES string of the molecule is COc1ccc(C=CS(=O)(=O)c2ccc(Cl)cc2)cc1. The van der Waals surface area contributed by atoms with Gasteiger partial charge in [0.2, 0.25) is 0 Å². The lowest BCUT2D eigenvalue weighted by Crippen LogP contribution is -1.95. The minimum Gasteiger partial charge on any atom is -0.497 e. The lowest BCUT2D eigenvalue weighted by atomic mass is 10.2. The number of hydrogen-bond donors (Lipinski definition) is 0. The zero-order chi connectivity index (χ0) is 14.6. The maximum absolute atomic E-state index is 12.1. The van der Waals surface area contributed by atoms with Gasteiger partial charge in [-0.3, -0.25) is 0 Å². The molecule has 3 nitrogen and oxygen atoms in total. The van der Waals surface area contributed by atoms with Gasteiger partial charge in [-0.1, -0.05) is 23.7 Å². The van der Waals surface area contributed by atoms with E-state index in [0.717, 1.165) is 11.3 Å². The Balaban J connectivity index is 2.22. The molecule has 0 saturated carbocycles. The molecule has 0 amide bonds. The van der Waals surface area contributed by atoms with E-state index in [1.807, 2.05) is 0 Å². The van der Waals surface area contributed by atoms with Crippen LogP contribution < -0.4 is 4.74 Å². The fourth-order valence-electron chi connectivity index (χ4n) is 1.59. The largest absolute Gasteiger partial charge is 0.497 e. The Bertz CT molecular complexity index is 702. The molecule has 2 rings (SSSR count). The van der Waals surface area contributed by atoms with Gasteiger partial charge in [-0.05, 0) is 48.0 Å². The number of sulfone groups is 1. The molecule has 0 unspecified atom stereocenters. The van der Waals surface area contributed by atoms with Crippen LogP contribution in [0.3, 0.4) is 0 Å². The van der Waals surface area contributed by atoms with E-state index in [1.54, 1.807) is 49.6 Å². The summed E-state index contributed by atoms with van der Waals surface area (Å²) in [5, 5.41) is 1.68. The first-order valence-corrected chi connectivity index (χ1v) is 7.76. The fraction of sp³-hybridized carbons (Fsp3) is 0.0667. The van der Waals surface area contributed by atoms with Gasteiger partial charge in [-0.2, -0.15) is 0 Å². The van der Waals surface area contributed by atoms with Crippen molar-refractivity contribution in [2.24, 2.45) is 0 Å². The van der Waals surface area contributed by atoms with Gasteiger partial charge < -0.3 is 4.74 Å². The Hall–Kier alpha value is -1.78. The van der Waals surface area contributed by atoms with Gasteiger partial charge in [-0.15, -0.1) is 0 Å². The van der Waals surface area contributed by atoms with Crippen molar-refractivity contribution < 1.29 is 13.2 Å². The predicted octanol–water partition coefficient (Wildman–Crippen LogP) is 3.79. The third kappa shape index (κ3) is 3.62. The summed E-state index contributed by atoms with van der Waals surface area (Å²) in [5.74, 6) is 0.725. The third-order valence-electron chi connectivity index (χ3n) is 2.70. The van der Waals surface area contributed by atoms with Gasteiger partial charge >= 0.3 is 0 Å². The minimum atomic E-state index is -3.46. The molecule has 104 valence electrons. The molecular weight excluding hydrogens is 296 g/mol. The zero-order valence-electron chi connectivity index (χ0n) is 10.8. The van der Waals surface area contributed by atoms with Gasteiger partial charge in [0.25, 0.3) is 0 Å². The Morgan fingerprint density at radius 2 is 1.60 bits per heavy atom. The van der Waals surface area contributed by atoms with Crippen molar-refractivity contribution in [3.63, 3.8) is 0 Å². The quantitative estimate of drug-likeness (QED) is 0.863. The molecule has 0 aliphatic carbocycles. The molecule has 2 aromatic carbocycles. The second-order valence-corrected chi connectivity index (χ2v) is 6.34. The van der Waals surface area contributed by atoms with E-state index in [-0.39, 0.29) is 4.90 Å². The van der Waals surface area contributed by atoms with Crippen LogP contribution in [-0.4, -0.2) is 15.5 Å². The van der Waals surface area contributed by atoms with Crippen LogP contribution in [0.2, 0.25) is 5.02 Å². The number of methoxy groups -OCH3 is 1. The number of benzene rings is 2. The molecule has 2 aromatic rings. The van der Waals surface area contributed by atoms with Crippen LogP contribution in [0.5, 0.6) is 5.75 Å². The highest BCUT2D eigenvalue weighted by molar-refractivity contribution is 7.94. The molecule has 0 atom stereocenters. The van der Waals surface area contributed by atoms with E-state index in [2.05, 4.69) is 0 Å². The average Bonchev–Trinajstić information content (AvgIpc) is 2.46. The first-order chi connectivity index (χ1) is 9.51. The van der Waals surface area contributed by atoms with Crippen molar-refractivity contribution in [1.82, 2.24) is 0 Å². The van der Waals surface area contributed by atoms with Gasteiger partial charge in [0, 0.05) is 10.4 Å². The lowest BCUT2D eigenvalue weighted by Gasteiger charge is -2.00. The molecule has 0 aliphatic rings. The highest BCUT2D eigenvalue weighted by Crippen LogP contribution is 2.18. The second kappa shape index (κ2) is 6.11. The molecule has 0 N–H and O–H groups in total. The highest BCUT2D eigenvalue weighted by Gasteiger charge is 2.09. The second-order valence-electron chi connectivity index (χ2n) is 4.07. The van der Waals surface area contributed by atoms with E-state index >= 15 is 0 Å². The van der Waals surface area contributed by atoms with Gasteiger partial charge in [0.15, 0.2) is 9.84 Å². The summed E-state index contributed by atoms with van der Waals surface area (Å²) in [6.07, 6.45) is 1.55. The van der Waals surface area contributed by atoms with E-state index in [9.17, 15) is 8.42 Å². The fourth-order valence-corrected chi connectivity index (χ4v) is 2.72. The van der Waals surface area contributed by atoms with Gasteiger partial charge in [-0.25, -0.2) is 8.42 Å². The highest BCUT2D eigenvalue weighted by atomic mass is 35.5. The summed E-state index contributed by atoms with van der Waals surface area (Å²) in [5.41, 5.74) is 0.781. The molecule has 0 radical (unpaired) electrons. The average molecular weight is 309 g/mol. The minimum absolute atomic E-state index is 0.215. The molecule has 5 heteroatoms. The van der Waals surface area contributed by atoms with Crippen molar-refractivity contribution in [3.05, 3.63) is 64.5 Å². The molecule has 0 aliphatic heterocycles. The lowest BCUT2D eigenvalue weighted by molar-refractivity contribution is 0.415. The van der Waals surface area contributed by atoms with Crippen molar-refractivity contribution in [2.75, 3.05) is 7.11 Å². The van der Waals surface area contributed by atoms with Crippen molar-refractivity contribution in [1.29, 1.82) is 0 Å². The smallest absolute Gasteiger partial charge is 0.199 e. The Kier molecular flexibility index (Phi) is 4.47. The summed E-state index contributed by atoms with van der Waals surface area (Å²) in [6.45, 7) is 0. The molecule has 20 heavy (non-hydrogen) atoms. The topological polar surface area (TPSA) is 43.4 Å². The van der Waals surface area contributed by atoms with E-state index in [1.165, 1.54) is 17.5 Å². The Morgan fingerprint density at radius 1 is 1.00 bits per heavy atom. The van der Waals surface area contributed by atoms with Crippen LogP contribution >= 0.6 is 11.6 Å². The number of rotatable bonds is 4. The third-order valence-corrected chi connectivity index (χ3v) is 4.37. The van der Waals surface area contributed by atoms with Crippen LogP contribution in [0.25, 0.3) is 6.08 Å². The van der Waals surface area contributed by atoms with E-state index in [4.69, 9.17) is 16.3 Å². The summed E-state index contributed by atoms with van der Waals surface area (Å²) in [6, 6.07) is 13.2. The van der Waals surface area contributed by atoms with Crippen molar-refractivity contribution >= 4 is 27.5 Å². The van der Waals surface area contributed by atoms with Gasteiger partial charge in [0.1, 0.15) is 5.75 Å². The van der Waals surface area contributed by atoms with Crippen LogP contribution in [0.15, 0.2) is 58.8 Å². The number of hydrogen-bond acceptors (Lipinski definition) is 3. The first-order valence-electron chi connectivity index (χ1n) is 5.84.